The summed E-state index contributed by atoms with van der Waals surface area (Å²) in [6.07, 6.45) is 1.91. The lowest BCUT2D eigenvalue weighted by atomic mass is 10.3. The fourth-order valence-electron chi connectivity index (χ4n) is 2.56. The van der Waals surface area contributed by atoms with Crippen LogP contribution < -0.4 is 4.90 Å². The lowest BCUT2D eigenvalue weighted by molar-refractivity contribution is 0.122. The number of fused-ring (bicyclic) bond motifs is 1. The summed E-state index contributed by atoms with van der Waals surface area (Å²) in [5.41, 5.74) is 3.23. The Balaban J connectivity index is 1.48. The molecular weight excluding hydrogens is 330 g/mol. The normalized spacial score (nSPS) is 15.4. The van der Waals surface area contributed by atoms with Crippen molar-refractivity contribution in [1.29, 1.82) is 0 Å². The highest BCUT2D eigenvalue weighted by molar-refractivity contribution is 7.98. The number of hydrogen-bond acceptors (Lipinski definition) is 7. The van der Waals surface area contributed by atoms with Gasteiger partial charge in [-0.15, -0.1) is 11.3 Å². The van der Waals surface area contributed by atoms with E-state index in [4.69, 9.17) is 9.72 Å². The Morgan fingerprint density at radius 1 is 1.30 bits per heavy atom. The molecule has 3 aromatic heterocycles. The van der Waals surface area contributed by atoms with E-state index >= 15 is 0 Å². The van der Waals surface area contributed by atoms with Crippen molar-refractivity contribution in [2.75, 3.05) is 31.2 Å². The number of aromatic amines is 1. The number of anilines is 1. The number of morpholine rings is 1. The van der Waals surface area contributed by atoms with Gasteiger partial charge in [-0.25, -0.2) is 15.0 Å². The van der Waals surface area contributed by atoms with Gasteiger partial charge in [-0.2, -0.15) is 0 Å². The molecule has 0 spiro atoms. The van der Waals surface area contributed by atoms with Crippen molar-refractivity contribution >= 4 is 39.9 Å². The highest BCUT2D eigenvalue weighted by Gasteiger charge is 2.16. The summed E-state index contributed by atoms with van der Waals surface area (Å²) in [7, 11) is 0. The molecule has 4 rings (SSSR count). The second kappa shape index (κ2) is 6.46. The first-order valence-corrected chi connectivity index (χ1v) is 9.42. The molecule has 8 heteroatoms. The van der Waals surface area contributed by atoms with E-state index in [-0.39, 0.29) is 0 Å². The van der Waals surface area contributed by atoms with Gasteiger partial charge in [0.25, 0.3) is 0 Å². The second-order valence-electron chi connectivity index (χ2n) is 5.39. The number of imidazole rings is 1. The Kier molecular flexibility index (Phi) is 4.19. The van der Waals surface area contributed by atoms with Crippen molar-refractivity contribution in [3.63, 3.8) is 0 Å². The van der Waals surface area contributed by atoms with Crippen LogP contribution in [0.25, 0.3) is 11.0 Å². The summed E-state index contributed by atoms with van der Waals surface area (Å²) in [5, 5.41) is 5.04. The van der Waals surface area contributed by atoms with Gasteiger partial charge < -0.3 is 14.6 Å². The third kappa shape index (κ3) is 3.19. The monoisotopic (exact) mass is 347 g/mol. The highest BCUT2D eigenvalue weighted by atomic mass is 32.2. The number of H-pyrrole nitrogens is 1. The molecule has 0 radical (unpaired) electrons. The molecule has 0 bridgehead atoms. The molecule has 0 aromatic carbocycles. The van der Waals surface area contributed by atoms with E-state index in [1.807, 2.05) is 6.20 Å². The molecule has 1 N–H and O–H groups in total. The van der Waals surface area contributed by atoms with Crippen LogP contribution in [0.3, 0.4) is 0 Å². The molecule has 0 amide bonds. The summed E-state index contributed by atoms with van der Waals surface area (Å²) >= 11 is 3.29. The molecule has 4 heterocycles. The van der Waals surface area contributed by atoms with Crippen LogP contribution in [-0.2, 0) is 10.5 Å². The minimum atomic E-state index is 0.706. The lowest BCUT2D eigenvalue weighted by Crippen LogP contribution is -2.37. The number of ether oxygens (including phenoxy) is 1. The van der Waals surface area contributed by atoms with Gasteiger partial charge in [0, 0.05) is 35.6 Å². The van der Waals surface area contributed by atoms with Crippen LogP contribution in [0.1, 0.15) is 11.4 Å². The fourth-order valence-corrected chi connectivity index (χ4v) is 4.00. The summed E-state index contributed by atoms with van der Waals surface area (Å²) in [6, 6.07) is 0. The molecule has 1 fully saturated rings. The number of thioether (sulfide) groups is 1. The standard InChI is InChI=1S/C15H17N5OS2/c1-10-6-16-13(19-14(10)20-2-4-21-5-3-20)9-23-15-17-11-7-22-8-12(11)18-15/h6-8H,2-5,9H2,1H3,(H,17,18). The number of thiophene rings is 1. The third-order valence-corrected chi connectivity index (χ3v) is 5.35. The molecule has 0 atom stereocenters. The minimum absolute atomic E-state index is 0.706. The lowest BCUT2D eigenvalue weighted by Gasteiger charge is -2.29. The zero-order chi connectivity index (χ0) is 15.6. The van der Waals surface area contributed by atoms with E-state index in [0.29, 0.717) is 5.75 Å². The van der Waals surface area contributed by atoms with Gasteiger partial charge in [-0.05, 0) is 6.92 Å². The molecule has 3 aromatic rings. The fraction of sp³-hybridized carbons (Fsp3) is 0.400. The number of aromatic nitrogens is 4. The van der Waals surface area contributed by atoms with Crippen LogP contribution in [0.15, 0.2) is 22.1 Å². The first kappa shape index (κ1) is 14.9. The van der Waals surface area contributed by atoms with E-state index in [0.717, 1.165) is 59.7 Å². The summed E-state index contributed by atoms with van der Waals surface area (Å²) in [5.74, 6) is 2.57. The first-order valence-electron chi connectivity index (χ1n) is 7.49. The molecule has 1 aliphatic rings. The van der Waals surface area contributed by atoms with Crippen LogP contribution in [-0.4, -0.2) is 46.2 Å². The number of nitrogens with one attached hydrogen (secondary N) is 1. The van der Waals surface area contributed by atoms with Crippen LogP contribution in [0.5, 0.6) is 0 Å². The Labute approximate surface area is 142 Å². The van der Waals surface area contributed by atoms with Crippen molar-refractivity contribution in [2.45, 2.75) is 17.8 Å². The summed E-state index contributed by atoms with van der Waals surface area (Å²) < 4.78 is 5.42. The molecule has 1 aliphatic heterocycles. The van der Waals surface area contributed by atoms with Crippen molar-refractivity contribution in [2.24, 2.45) is 0 Å². The molecule has 0 saturated carbocycles. The van der Waals surface area contributed by atoms with Crippen molar-refractivity contribution in [3.8, 4) is 0 Å². The molecule has 0 aliphatic carbocycles. The Bertz CT molecular complexity index is 781. The quantitative estimate of drug-likeness (QED) is 0.732. The van der Waals surface area contributed by atoms with Gasteiger partial charge in [0.15, 0.2) is 5.16 Å². The Morgan fingerprint density at radius 3 is 3.00 bits per heavy atom. The molecular formula is C15H17N5OS2. The first-order chi connectivity index (χ1) is 11.3. The van der Waals surface area contributed by atoms with E-state index in [1.165, 1.54) is 0 Å². The zero-order valence-corrected chi connectivity index (χ0v) is 14.4. The van der Waals surface area contributed by atoms with Crippen LogP contribution in [0.4, 0.5) is 5.82 Å². The molecule has 1 saturated heterocycles. The van der Waals surface area contributed by atoms with Crippen LogP contribution in [0, 0.1) is 6.92 Å². The van der Waals surface area contributed by atoms with Crippen molar-refractivity contribution in [3.05, 3.63) is 28.3 Å². The maximum Gasteiger partial charge on any atom is 0.166 e. The van der Waals surface area contributed by atoms with Gasteiger partial charge in [0.2, 0.25) is 0 Å². The Hall–Kier alpha value is -1.64. The van der Waals surface area contributed by atoms with Gasteiger partial charge in [0.1, 0.15) is 17.2 Å². The third-order valence-electron chi connectivity index (χ3n) is 3.75. The number of hydrogen-bond donors (Lipinski definition) is 1. The topological polar surface area (TPSA) is 66.9 Å². The summed E-state index contributed by atoms with van der Waals surface area (Å²) in [6.45, 7) is 5.35. The predicted molar refractivity (Wildman–Crippen MR) is 93.3 cm³/mol. The van der Waals surface area contributed by atoms with Crippen molar-refractivity contribution < 1.29 is 4.74 Å². The molecule has 6 nitrogen and oxygen atoms in total. The van der Waals surface area contributed by atoms with Gasteiger partial charge >= 0.3 is 0 Å². The van der Waals surface area contributed by atoms with Crippen molar-refractivity contribution in [1.82, 2.24) is 19.9 Å². The number of rotatable bonds is 4. The average molecular weight is 347 g/mol. The molecule has 23 heavy (non-hydrogen) atoms. The van der Waals surface area contributed by atoms with Gasteiger partial charge in [0.05, 0.1) is 24.5 Å². The second-order valence-corrected chi connectivity index (χ2v) is 7.10. The van der Waals surface area contributed by atoms with E-state index in [9.17, 15) is 0 Å². The van der Waals surface area contributed by atoms with Crippen LogP contribution >= 0.6 is 23.1 Å². The average Bonchev–Trinajstić information content (AvgIpc) is 3.16. The smallest absolute Gasteiger partial charge is 0.166 e. The molecule has 120 valence electrons. The van der Waals surface area contributed by atoms with E-state index in [2.05, 4.69) is 37.5 Å². The maximum absolute atomic E-state index is 5.42. The van der Waals surface area contributed by atoms with E-state index < -0.39 is 0 Å². The largest absolute Gasteiger partial charge is 0.378 e. The Morgan fingerprint density at radius 2 is 2.17 bits per heavy atom. The van der Waals surface area contributed by atoms with Gasteiger partial charge in [-0.3, -0.25) is 0 Å². The SMILES string of the molecule is Cc1cnc(CSc2nc3cscc3[nH]2)nc1N1CCOCC1. The van der Waals surface area contributed by atoms with E-state index in [1.54, 1.807) is 23.1 Å². The highest BCUT2D eigenvalue weighted by Crippen LogP contribution is 2.25. The van der Waals surface area contributed by atoms with Gasteiger partial charge in [-0.1, -0.05) is 11.8 Å². The minimum Gasteiger partial charge on any atom is -0.378 e. The summed E-state index contributed by atoms with van der Waals surface area (Å²) in [4.78, 5) is 19.4. The zero-order valence-electron chi connectivity index (χ0n) is 12.8. The number of nitrogens with zero attached hydrogens (tertiary/aromatic N) is 4. The molecule has 0 unspecified atom stereocenters. The number of aryl methyl sites for hydroxylation is 1. The van der Waals surface area contributed by atoms with Crippen LogP contribution in [0.2, 0.25) is 0 Å². The predicted octanol–water partition coefficient (Wildman–Crippen LogP) is 2.85. The maximum atomic E-state index is 5.42.